The molecule has 6 nitrogen and oxygen atoms in total. The van der Waals surface area contributed by atoms with Gasteiger partial charge < -0.3 is 19.0 Å². The van der Waals surface area contributed by atoms with Crippen LogP contribution in [0.25, 0.3) is 0 Å². The minimum Gasteiger partial charge on any atom is -0.468 e. The maximum atomic E-state index is 12.4. The number of hydrogen-bond donors (Lipinski definition) is 0. The average molecular weight is 292 g/mol. The molecule has 0 bridgehead atoms. The Morgan fingerprint density at radius 3 is 2.86 bits per heavy atom. The predicted octanol–water partition coefficient (Wildman–Crippen LogP) is 1.37. The Hall–Kier alpha value is -1.98. The van der Waals surface area contributed by atoms with Gasteiger partial charge in [-0.05, 0) is 25.3 Å². The van der Waals surface area contributed by atoms with Crippen LogP contribution in [0.5, 0.6) is 5.95 Å². The number of hydrogen-bond acceptors (Lipinski definition) is 4. The van der Waals surface area contributed by atoms with Gasteiger partial charge in [-0.15, -0.1) is 0 Å². The van der Waals surface area contributed by atoms with E-state index in [-0.39, 0.29) is 23.0 Å². The first-order valence-corrected chi connectivity index (χ1v) is 7.24. The molecule has 21 heavy (non-hydrogen) atoms. The Morgan fingerprint density at radius 2 is 2.14 bits per heavy atom. The molecule has 0 aliphatic carbocycles. The molecule has 3 rings (SSSR count). The third-order valence-corrected chi connectivity index (χ3v) is 4.58. The van der Waals surface area contributed by atoms with E-state index in [1.165, 1.54) is 7.11 Å². The number of methoxy groups -OCH3 is 1. The van der Waals surface area contributed by atoms with Gasteiger partial charge in [0.15, 0.2) is 5.76 Å². The molecule has 2 fully saturated rings. The number of piperidine rings is 1. The molecular weight excluding hydrogens is 272 g/mol. The molecule has 1 aromatic heterocycles. The van der Waals surface area contributed by atoms with E-state index in [4.69, 9.17) is 9.15 Å². The highest BCUT2D eigenvalue weighted by atomic mass is 16.6. The number of nitrogens with zero attached hydrogens (tertiary/aromatic N) is 2. The molecule has 0 unspecified atom stereocenters. The van der Waals surface area contributed by atoms with Crippen molar-refractivity contribution in [3.8, 4) is 5.95 Å². The number of carbonyl (C=O) groups excluding carboxylic acids is 2. The Kier molecular flexibility index (Phi) is 3.39. The van der Waals surface area contributed by atoms with E-state index in [9.17, 15) is 9.59 Å². The zero-order chi connectivity index (χ0) is 15.0. The lowest BCUT2D eigenvalue weighted by Gasteiger charge is -2.37. The molecular formula is C15H20N2O4. The van der Waals surface area contributed by atoms with E-state index in [2.05, 4.69) is 0 Å². The quantitative estimate of drug-likeness (QED) is 0.826. The summed E-state index contributed by atoms with van der Waals surface area (Å²) in [5.74, 6) is 0.582. The van der Waals surface area contributed by atoms with Crippen molar-refractivity contribution in [2.75, 3.05) is 33.8 Å². The van der Waals surface area contributed by atoms with Crippen molar-refractivity contribution in [2.24, 2.45) is 5.41 Å². The van der Waals surface area contributed by atoms with Crippen molar-refractivity contribution in [2.45, 2.75) is 19.3 Å². The van der Waals surface area contributed by atoms with E-state index >= 15 is 0 Å². The van der Waals surface area contributed by atoms with Crippen molar-refractivity contribution in [3.63, 3.8) is 0 Å². The number of ether oxygens (including phenoxy) is 1. The average Bonchev–Trinajstić information content (AvgIpc) is 3.12. The van der Waals surface area contributed by atoms with Crippen LogP contribution < -0.4 is 4.74 Å². The summed E-state index contributed by atoms with van der Waals surface area (Å²) in [5.41, 5.74) is -0.390. The van der Waals surface area contributed by atoms with E-state index in [0.717, 1.165) is 25.8 Å². The smallest absolute Gasteiger partial charge is 0.289 e. The van der Waals surface area contributed by atoms with Crippen molar-refractivity contribution in [3.05, 3.63) is 17.9 Å². The summed E-state index contributed by atoms with van der Waals surface area (Å²) in [7, 11) is 3.33. The van der Waals surface area contributed by atoms with Gasteiger partial charge in [0, 0.05) is 32.7 Å². The fourth-order valence-corrected chi connectivity index (χ4v) is 3.39. The summed E-state index contributed by atoms with van der Waals surface area (Å²) in [4.78, 5) is 28.4. The standard InChI is InChI=1S/C15H20N2O4/c1-16-8-3-6-15(14(16)19)7-9-17(10-15)13(18)11-4-5-12(20-2)21-11/h4-5H,3,6-10H2,1-2H3/t15-/m1/s1. The SMILES string of the molecule is COc1ccc(C(=O)N2CC[C@]3(CCCN(C)C3=O)C2)o1. The van der Waals surface area contributed by atoms with Gasteiger partial charge in [0.25, 0.3) is 11.9 Å². The van der Waals surface area contributed by atoms with Crippen LogP contribution in [0.1, 0.15) is 29.8 Å². The maximum Gasteiger partial charge on any atom is 0.289 e. The minimum absolute atomic E-state index is 0.168. The highest BCUT2D eigenvalue weighted by Crippen LogP contribution is 2.40. The second-order valence-corrected chi connectivity index (χ2v) is 5.91. The van der Waals surface area contributed by atoms with Gasteiger partial charge in [0.2, 0.25) is 5.91 Å². The van der Waals surface area contributed by atoms with Crippen molar-refractivity contribution < 1.29 is 18.7 Å². The number of amides is 2. The number of likely N-dealkylation sites (tertiary alicyclic amines) is 2. The molecule has 2 aliphatic rings. The van der Waals surface area contributed by atoms with Crippen molar-refractivity contribution >= 4 is 11.8 Å². The molecule has 1 atom stereocenters. The van der Waals surface area contributed by atoms with E-state index in [1.54, 1.807) is 21.9 Å². The number of rotatable bonds is 2. The van der Waals surface area contributed by atoms with Gasteiger partial charge in [0.1, 0.15) is 0 Å². The molecule has 2 aliphatic heterocycles. The molecule has 3 heterocycles. The molecule has 1 aromatic rings. The summed E-state index contributed by atoms with van der Waals surface area (Å²) in [6.45, 7) is 1.89. The first-order chi connectivity index (χ1) is 10.1. The Morgan fingerprint density at radius 1 is 1.33 bits per heavy atom. The molecule has 114 valence electrons. The molecule has 0 aromatic carbocycles. The minimum atomic E-state index is -0.390. The van der Waals surface area contributed by atoms with Crippen LogP contribution in [0.3, 0.4) is 0 Å². The fraction of sp³-hybridized carbons (Fsp3) is 0.600. The van der Waals surface area contributed by atoms with Gasteiger partial charge >= 0.3 is 0 Å². The lowest BCUT2D eigenvalue weighted by molar-refractivity contribution is -0.143. The van der Waals surface area contributed by atoms with Crippen LogP contribution in [0.2, 0.25) is 0 Å². The van der Waals surface area contributed by atoms with Crippen molar-refractivity contribution in [1.82, 2.24) is 9.80 Å². The zero-order valence-electron chi connectivity index (χ0n) is 12.4. The van der Waals surface area contributed by atoms with Crippen LogP contribution in [-0.4, -0.2) is 55.4 Å². The second kappa shape index (κ2) is 5.09. The van der Waals surface area contributed by atoms with Crippen LogP contribution in [0, 0.1) is 5.41 Å². The summed E-state index contributed by atoms with van der Waals surface area (Å²) in [6, 6.07) is 3.24. The monoisotopic (exact) mass is 292 g/mol. The molecule has 6 heteroatoms. The zero-order valence-corrected chi connectivity index (χ0v) is 12.4. The summed E-state index contributed by atoms with van der Waals surface area (Å²) in [5, 5.41) is 0. The van der Waals surface area contributed by atoms with Crippen LogP contribution in [0.15, 0.2) is 16.5 Å². The lowest BCUT2D eigenvalue weighted by atomic mass is 9.78. The predicted molar refractivity (Wildman–Crippen MR) is 75.1 cm³/mol. The second-order valence-electron chi connectivity index (χ2n) is 5.91. The molecule has 0 radical (unpaired) electrons. The van der Waals surface area contributed by atoms with Crippen LogP contribution in [0.4, 0.5) is 0 Å². The third-order valence-electron chi connectivity index (χ3n) is 4.58. The number of furan rings is 1. The lowest BCUT2D eigenvalue weighted by Crippen LogP contribution is -2.48. The normalized spacial score (nSPS) is 25.7. The third kappa shape index (κ3) is 2.28. The highest BCUT2D eigenvalue weighted by Gasteiger charge is 2.48. The first kappa shape index (κ1) is 14.0. The molecule has 0 saturated carbocycles. The largest absolute Gasteiger partial charge is 0.468 e. The van der Waals surface area contributed by atoms with E-state index in [0.29, 0.717) is 19.0 Å². The number of carbonyl (C=O) groups is 2. The highest BCUT2D eigenvalue weighted by molar-refractivity contribution is 5.93. The van der Waals surface area contributed by atoms with Crippen LogP contribution in [-0.2, 0) is 4.79 Å². The maximum absolute atomic E-state index is 12.4. The van der Waals surface area contributed by atoms with E-state index in [1.807, 2.05) is 7.05 Å². The Bertz CT molecular complexity index is 568. The topological polar surface area (TPSA) is 63.0 Å². The van der Waals surface area contributed by atoms with Crippen molar-refractivity contribution in [1.29, 1.82) is 0 Å². The summed E-state index contributed by atoms with van der Waals surface area (Å²) in [6.07, 6.45) is 2.60. The fourth-order valence-electron chi connectivity index (χ4n) is 3.39. The van der Waals surface area contributed by atoms with Gasteiger partial charge in [-0.2, -0.15) is 0 Å². The summed E-state index contributed by atoms with van der Waals surface area (Å²) < 4.78 is 10.3. The van der Waals surface area contributed by atoms with Gasteiger partial charge in [-0.25, -0.2) is 0 Å². The van der Waals surface area contributed by atoms with Gasteiger partial charge in [-0.3, -0.25) is 9.59 Å². The molecule has 2 saturated heterocycles. The Labute approximate surface area is 123 Å². The van der Waals surface area contributed by atoms with E-state index < -0.39 is 0 Å². The molecule has 0 N–H and O–H groups in total. The Balaban J connectivity index is 1.74. The molecule has 2 amide bonds. The summed E-state index contributed by atoms with van der Waals surface area (Å²) >= 11 is 0. The molecule has 1 spiro atoms. The van der Waals surface area contributed by atoms with Gasteiger partial charge in [-0.1, -0.05) is 0 Å². The first-order valence-electron chi connectivity index (χ1n) is 7.24. The van der Waals surface area contributed by atoms with Gasteiger partial charge in [0.05, 0.1) is 12.5 Å². The van der Waals surface area contributed by atoms with Crippen LogP contribution >= 0.6 is 0 Å².